The molecule has 0 radical (unpaired) electrons. The minimum absolute atomic E-state index is 0.193. The number of aliphatic carboxylic acids is 1. The van der Waals surface area contributed by atoms with E-state index in [1.807, 2.05) is 54.6 Å². The predicted octanol–water partition coefficient (Wildman–Crippen LogP) is 3.47. The number of methoxy groups -OCH3 is 1. The van der Waals surface area contributed by atoms with E-state index in [1.165, 1.54) is 0 Å². The number of nitrogens with one attached hydrogen (secondary N) is 3. The first-order chi connectivity index (χ1) is 13.0. The van der Waals surface area contributed by atoms with Crippen LogP contribution in [0.2, 0.25) is 0 Å². The zero-order chi connectivity index (χ0) is 19.6. The molecule has 0 atom stereocenters. The Morgan fingerprint density at radius 2 is 1.78 bits per heavy atom. The van der Waals surface area contributed by atoms with E-state index < -0.39 is 5.97 Å². The van der Waals surface area contributed by atoms with Crippen LogP contribution in [0.5, 0.6) is 5.75 Å². The van der Waals surface area contributed by atoms with E-state index in [1.54, 1.807) is 13.3 Å². The van der Waals surface area contributed by atoms with E-state index >= 15 is 0 Å². The topological polar surface area (TPSA) is 107 Å². The molecule has 27 heavy (non-hydrogen) atoms. The van der Waals surface area contributed by atoms with Gasteiger partial charge in [-0.15, -0.1) is 0 Å². The van der Waals surface area contributed by atoms with Crippen LogP contribution in [-0.2, 0) is 11.3 Å². The minimum atomic E-state index is -0.833. The van der Waals surface area contributed by atoms with Gasteiger partial charge in [-0.2, -0.15) is 0 Å². The summed E-state index contributed by atoms with van der Waals surface area (Å²) in [5.74, 6) is 0.802. The number of carbonyl (C=O) groups is 1. The zero-order valence-corrected chi connectivity index (χ0v) is 15.2. The van der Waals surface area contributed by atoms with Crippen molar-refractivity contribution in [3.63, 3.8) is 0 Å². The molecule has 0 spiro atoms. The number of aromatic nitrogens is 1. The standard InChI is InChI=1S/C18H18N4O.C2H4O2/c1-23-16-9-5-4-8-15(16)12-21-18(19)22-17-10-13-6-2-3-7-14(13)11-20-17;1-2(3)4/h2-11H,12H2,1H3,(H3,19,20,21,22);1H3,(H,3,4). The molecule has 2 aromatic carbocycles. The fourth-order valence-electron chi connectivity index (χ4n) is 2.36. The number of hydrogen-bond acceptors (Lipinski definition) is 4. The summed E-state index contributed by atoms with van der Waals surface area (Å²) in [6.45, 7) is 1.59. The molecule has 7 heteroatoms. The fourth-order valence-corrected chi connectivity index (χ4v) is 2.36. The largest absolute Gasteiger partial charge is 0.496 e. The quantitative estimate of drug-likeness (QED) is 0.416. The molecule has 1 aromatic heterocycles. The Labute approximate surface area is 157 Å². The SMILES string of the molecule is CC(=O)O.COc1ccccc1CNC(=N)Nc1cc2ccccc2cn1. The third kappa shape index (κ3) is 6.32. The van der Waals surface area contributed by atoms with Crippen LogP contribution in [0.3, 0.4) is 0 Å². The Kier molecular flexibility index (Phi) is 7.13. The number of nitrogens with zero attached hydrogens (tertiary/aromatic N) is 1. The van der Waals surface area contributed by atoms with Gasteiger partial charge in [-0.05, 0) is 17.5 Å². The van der Waals surface area contributed by atoms with E-state index in [4.69, 9.17) is 20.0 Å². The fraction of sp³-hybridized carbons (Fsp3) is 0.150. The molecular formula is C20H22N4O3. The van der Waals surface area contributed by atoms with Gasteiger partial charge in [0.1, 0.15) is 11.6 Å². The molecule has 0 unspecified atom stereocenters. The van der Waals surface area contributed by atoms with Crippen molar-refractivity contribution in [1.29, 1.82) is 5.41 Å². The van der Waals surface area contributed by atoms with Crippen molar-refractivity contribution >= 4 is 28.5 Å². The minimum Gasteiger partial charge on any atom is -0.496 e. The molecule has 7 nitrogen and oxygen atoms in total. The maximum Gasteiger partial charge on any atom is 0.300 e. The lowest BCUT2D eigenvalue weighted by Gasteiger charge is -2.12. The molecule has 1 heterocycles. The van der Waals surface area contributed by atoms with E-state index in [9.17, 15) is 0 Å². The summed E-state index contributed by atoms with van der Waals surface area (Å²) in [5, 5.41) is 23.6. The first kappa shape index (κ1) is 19.7. The third-order valence-corrected chi connectivity index (χ3v) is 3.53. The number of para-hydroxylation sites is 1. The van der Waals surface area contributed by atoms with Gasteiger partial charge >= 0.3 is 0 Å². The summed E-state index contributed by atoms with van der Waals surface area (Å²) < 4.78 is 5.30. The Morgan fingerprint density at radius 3 is 2.48 bits per heavy atom. The monoisotopic (exact) mass is 366 g/mol. The number of rotatable bonds is 4. The van der Waals surface area contributed by atoms with Crippen molar-refractivity contribution < 1.29 is 14.6 Å². The average Bonchev–Trinajstić information content (AvgIpc) is 2.66. The van der Waals surface area contributed by atoms with Crippen molar-refractivity contribution in [2.24, 2.45) is 0 Å². The zero-order valence-electron chi connectivity index (χ0n) is 15.2. The summed E-state index contributed by atoms with van der Waals surface area (Å²) in [4.78, 5) is 13.3. The first-order valence-corrected chi connectivity index (χ1v) is 8.25. The van der Waals surface area contributed by atoms with Gasteiger partial charge in [0.25, 0.3) is 5.97 Å². The molecule has 3 aromatic rings. The number of anilines is 1. The Hall–Kier alpha value is -3.61. The van der Waals surface area contributed by atoms with Gasteiger partial charge in [-0.3, -0.25) is 10.2 Å². The Bertz CT molecular complexity index is 924. The maximum absolute atomic E-state index is 9.00. The highest BCUT2D eigenvalue weighted by molar-refractivity contribution is 5.93. The van der Waals surface area contributed by atoms with E-state index in [-0.39, 0.29) is 5.96 Å². The molecule has 140 valence electrons. The van der Waals surface area contributed by atoms with Crippen LogP contribution in [0.15, 0.2) is 60.8 Å². The van der Waals surface area contributed by atoms with E-state index in [0.717, 1.165) is 29.0 Å². The number of carboxylic acids is 1. The van der Waals surface area contributed by atoms with Gasteiger partial charge in [-0.1, -0.05) is 42.5 Å². The van der Waals surface area contributed by atoms with E-state index in [2.05, 4.69) is 15.6 Å². The average molecular weight is 366 g/mol. The smallest absolute Gasteiger partial charge is 0.300 e. The number of guanidine groups is 1. The molecule has 0 fully saturated rings. The number of carboxylic acid groups (broad SMARTS) is 1. The van der Waals surface area contributed by atoms with Crippen LogP contribution >= 0.6 is 0 Å². The van der Waals surface area contributed by atoms with Crippen molar-refractivity contribution in [3.05, 3.63) is 66.4 Å². The number of pyridine rings is 1. The van der Waals surface area contributed by atoms with Gasteiger partial charge in [0.05, 0.1) is 7.11 Å². The Balaban J connectivity index is 0.000000596. The number of hydrogen-bond donors (Lipinski definition) is 4. The summed E-state index contributed by atoms with van der Waals surface area (Å²) in [5.41, 5.74) is 0.994. The Morgan fingerprint density at radius 1 is 1.15 bits per heavy atom. The van der Waals surface area contributed by atoms with Crippen molar-refractivity contribution in [2.75, 3.05) is 12.4 Å². The van der Waals surface area contributed by atoms with Gasteiger partial charge in [0.15, 0.2) is 5.96 Å². The third-order valence-electron chi connectivity index (χ3n) is 3.53. The van der Waals surface area contributed by atoms with Gasteiger partial charge in [0, 0.05) is 30.6 Å². The second-order valence-corrected chi connectivity index (χ2v) is 5.60. The lowest BCUT2D eigenvalue weighted by Crippen LogP contribution is -2.29. The highest BCUT2D eigenvalue weighted by Crippen LogP contribution is 2.17. The lowest BCUT2D eigenvalue weighted by molar-refractivity contribution is -0.134. The van der Waals surface area contributed by atoms with Gasteiger partial charge in [-0.25, -0.2) is 4.98 Å². The van der Waals surface area contributed by atoms with E-state index in [0.29, 0.717) is 12.4 Å². The molecule has 0 saturated heterocycles. The molecule has 0 aliphatic carbocycles. The number of ether oxygens (including phenoxy) is 1. The summed E-state index contributed by atoms with van der Waals surface area (Å²) >= 11 is 0. The highest BCUT2D eigenvalue weighted by atomic mass is 16.5. The van der Waals surface area contributed by atoms with Gasteiger partial charge < -0.3 is 20.5 Å². The molecular weight excluding hydrogens is 344 g/mol. The lowest BCUT2D eigenvalue weighted by atomic mass is 10.2. The molecule has 0 bridgehead atoms. The van der Waals surface area contributed by atoms with Crippen LogP contribution in [0.25, 0.3) is 10.8 Å². The molecule has 0 aliphatic heterocycles. The summed E-state index contributed by atoms with van der Waals surface area (Å²) in [7, 11) is 1.64. The van der Waals surface area contributed by atoms with Crippen molar-refractivity contribution in [2.45, 2.75) is 13.5 Å². The van der Waals surface area contributed by atoms with Crippen LogP contribution < -0.4 is 15.4 Å². The molecule has 3 rings (SSSR count). The van der Waals surface area contributed by atoms with Crippen LogP contribution in [0, 0.1) is 5.41 Å². The summed E-state index contributed by atoms with van der Waals surface area (Å²) in [6, 6.07) is 17.7. The summed E-state index contributed by atoms with van der Waals surface area (Å²) in [6.07, 6.45) is 1.80. The van der Waals surface area contributed by atoms with Crippen LogP contribution in [0.1, 0.15) is 12.5 Å². The highest BCUT2D eigenvalue weighted by Gasteiger charge is 2.04. The molecule has 0 aliphatic rings. The molecule has 0 saturated carbocycles. The maximum atomic E-state index is 9.00. The van der Waals surface area contributed by atoms with Crippen molar-refractivity contribution in [1.82, 2.24) is 10.3 Å². The first-order valence-electron chi connectivity index (χ1n) is 8.25. The normalized spacial score (nSPS) is 9.70. The predicted molar refractivity (Wildman–Crippen MR) is 106 cm³/mol. The number of benzene rings is 2. The van der Waals surface area contributed by atoms with Crippen LogP contribution in [-0.4, -0.2) is 29.1 Å². The molecule has 0 amide bonds. The van der Waals surface area contributed by atoms with Crippen molar-refractivity contribution in [3.8, 4) is 5.75 Å². The second kappa shape index (κ2) is 9.76. The molecule has 4 N–H and O–H groups in total. The second-order valence-electron chi connectivity index (χ2n) is 5.60. The van der Waals surface area contributed by atoms with Gasteiger partial charge in [0.2, 0.25) is 0 Å². The van der Waals surface area contributed by atoms with Crippen LogP contribution in [0.4, 0.5) is 5.82 Å². The number of fused-ring (bicyclic) bond motifs is 1.